The van der Waals surface area contributed by atoms with Crippen LogP contribution in [0, 0.1) is 0 Å². The lowest BCUT2D eigenvalue weighted by Gasteiger charge is -2.11. The van der Waals surface area contributed by atoms with E-state index in [9.17, 15) is 9.59 Å². The molecule has 1 unspecified atom stereocenters. The maximum absolute atomic E-state index is 12.0. The van der Waals surface area contributed by atoms with Crippen molar-refractivity contribution in [1.82, 2.24) is 25.1 Å². The van der Waals surface area contributed by atoms with Gasteiger partial charge >= 0.3 is 5.76 Å². The fourth-order valence-electron chi connectivity index (χ4n) is 2.09. The van der Waals surface area contributed by atoms with Crippen LogP contribution in [0.2, 0.25) is 0 Å². The van der Waals surface area contributed by atoms with Gasteiger partial charge in [-0.05, 0) is 19.1 Å². The number of hydrogen-bond donors (Lipinski definition) is 2. The fourth-order valence-corrected chi connectivity index (χ4v) is 2.09. The third-order valence-corrected chi connectivity index (χ3v) is 3.10. The Labute approximate surface area is 118 Å². The molecule has 0 bridgehead atoms. The van der Waals surface area contributed by atoms with Gasteiger partial charge in [-0.15, -0.1) is 0 Å². The molecule has 0 saturated carbocycles. The Hall–Kier alpha value is -2.90. The van der Waals surface area contributed by atoms with Gasteiger partial charge in [-0.2, -0.15) is 5.10 Å². The van der Waals surface area contributed by atoms with Gasteiger partial charge in [-0.25, -0.2) is 9.78 Å². The number of fused-ring (bicyclic) bond motifs is 1. The van der Waals surface area contributed by atoms with Crippen molar-refractivity contribution >= 4 is 17.0 Å². The molecule has 21 heavy (non-hydrogen) atoms. The summed E-state index contributed by atoms with van der Waals surface area (Å²) in [4.78, 5) is 27.8. The van der Waals surface area contributed by atoms with Gasteiger partial charge in [0.1, 0.15) is 18.7 Å². The molecule has 1 amide bonds. The number of H-pyrrole nitrogens is 1. The van der Waals surface area contributed by atoms with Gasteiger partial charge in [0.15, 0.2) is 5.58 Å². The standard InChI is InChI=1S/C13H13N5O3/c1-8(12-14-7-15-17-12)16-11(19)6-18-9-4-2-3-5-10(9)21-13(18)20/h2-5,7-8H,6H2,1H3,(H,16,19)(H,14,15,17). The van der Waals surface area contributed by atoms with Crippen molar-refractivity contribution in [2.75, 3.05) is 0 Å². The third-order valence-electron chi connectivity index (χ3n) is 3.10. The number of para-hydroxylation sites is 2. The molecule has 0 aliphatic carbocycles. The number of carbonyl (C=O) groups excluding carboxylic acids is 1. The molecule has 1 aromatic carbocycles. The molecule has 108 valence electrons. The molecule has 0 aliphatic rings. The first-order valence-corrected chi connectivity index (χ1v) is 6.38. The Balaban J connectivity index is 1.78. The van der Waals surface area contributed by atoms with Crippen molar-refractivity contribution in [1.29, 1.82) is 0 Å². The first-order chi connectivity index (χ1) is 10.1. The van der Waals surface area contributed by atoms with Crippen molar-refractivity contribution in [3.05, 3.63) is 47.0 Å². The number of hydrogen-bond acceptors (Lipinski definition) is 5. The molecule has 2 heterocycles. The van der Waals surface area contributed by atoms with Crippen LogP contribution in [0.15, 0.2) is 39.8 Å². The largest absolute Gasteiger partial charge is 0.420 e. The van der Waals surface area contributed by atoms with Gasteiger partial charge < -0.3 is 9.73 Å². The summed E-state index contributed by atoms with van der Waals surface area (Å²) in [5.41, 5.74) is 1.04. The van der Waals surface area contributed by atoms with Crippen LogP contribution in [-0.2, 0) is 11.3 Å². The minimum Gasteiger partial charge on any atom is -0.408 e. The van der Waals surface area contributed by atoms with Crippen LogP contribution in [0.25, 0.3) is 11.1 Å². The third kappa shape index (κ3) is 2.55. The fraction of sp³-hybridized carbons (Fsp3) is 0.231. The van der Waals surface area contributed by atoms with Gasteiger partial charge in [0.05, 0.1) is 11.6 Å². The molecule has 3 rings (SSSR count). The van der Waals surface area contributed by atoms with Crippen molar-refractivity contribution < 1.29 is 9.21 Å². The number of aromatic nitrogens is 4. The average molecular weight is 287 g/mol. The zero-order valence-corrected chi connectivity index (χ0v) is 11.2. The number of nitrogens with zero attached hydrogens (tertiary/aromatic N) is 3. The summed E-state index contributed by atoms with van der Waals surface area (Å²) in [6.07, 6.45) is 1.37. The highest BCUT2D eigenvalue weighted by Gasteiger charge is 2.15. The van der Waals surface area contributed by atoms with Crippen molar-refractivity contribution in [3.63, 3.8) is 0 Å². The summed E-state index contributed by atoms with van der Waals surface area (Å²) in [6, 6.07) is 6.63. The van der Waals surface area contributed by atoms with E-state index in [1.165, 1.54) is 10.9 Å². The summed E-state index contributed by atoms with van der Waals surface area (Å²) in [7, 11) is 0. The van der Waals surface area contributed by atoms with E-state index in [0.29, 0.717) is 16.9 Å². The number of carbonyl (C=O) groups is 1. The number of aromatic amines is 1. The Bertz CT molecular complexity index is 818. The predicted octanol–water partition coefficient (Wildman–Crippen LogP) is 0.590. The summed E-state index contributed by atoms with van der Waals surface area (Å²) in [5, 5.41) is 9.14. The lowest BCUT2D eigenvalue weighted by atomic mass is 10.3. The molecule has 0 radical (unpaired) electrons. The highest BCUT2D eigenvalue weighted by atomic mass is 16.4. The highest BCUT2D eigenvalue weighted by molar-refractivity contribution is 5.79. The van der Waals surface area contributed by atoms with Crippen molar-refractivity contribution in [2.45, 2.75) is 19.5 Å². The summed E-state index contributed by atoms with van der Waals surface area (Å²) >= 11 is 0. The second-order valence-electron chi connectivity index (χ2n) is 4.58. The van der Waals surface area contributed by atoms with Gasteiger partial charge in [0, 0.05) is 0 Å². The quantitative estimate of drug-likeness (QED) is 0.730. The molecule has 2 N–H and O–H groups in total. The Kier molecular flexibility index (Phi) is 3.27. The molecule has 0 aliphatic heterocycles. The topological polar surface area (TPSA) is 106 Å². The zero-order chi connectivity index (χ0) is 14.8. The second kappa shape index (κ2) is 5.23. The second-order valence-corrected chi connectivity index (χ2v) is 4.58. The zero-order valence-electron chi connectivity index (χ0n) is 11.2. The molecule has 2 aromatic heterocycles. The summed E-state index contributed by atoms with van der Waals surface area (Å²) in [6.45, 7) is 1.66. The van der Waals surface area contributed by atoms with Gasteiger partial charge in [-0.3, -0.25) is 14.5 Å². The molecule has 0 spiro atoms. The lowest BCUT2D eigenvalue weighted by molar-refractivity contribution is -0.122. The van der Waals surface area contributed by atoms with E-state index in [4.69, 9.17) is 4.42 Å². The van der Waals surface area contributed by atoms with E-state index in [-0.39, 0.29) is 18.5 Å². The van der Waals surface area contributed by atoms with E-state index < -0.39 is 5.76 Å². The van der Waals surface area contributed by atoms with Crippen LogP contribution < -0.4 is 11.1 Å². The number of amides is 1. The van der Waals surface area contributed by atoms with E-state index in [1.54, 1.807) is 31.2 Å². The van der Waals surface area contributed by atoms with Crippen LogP contribution in [0.5, 0.6) is 0 Å². The normalized spacial score (nSPS) is 12.4. The minimum atomic E-state index is -0.557. The van der Waals surface area contributed by atoms with Gasteiger partial charge in [0.25, 0.3) is 0 Å². The SMILES string of the molecule is CC(NC(=O)Cn1c(=O)oc2ccccc21)c1ncn[nH]1. The van der Waals surface area contributed by atoms with Crippen LogP contribution in [0.4, 0.5) is 0 Å². The van der Waals surface area contributed by atoms with Crippen molar-refractivity contribution in [3.8, 4) is 0 Å². The van der Waals surface area contributed by atoms with E-state index in [2.05, 4.69) is 20.5 Å². The van der Waals surface area contributed by atoms with Crippen LogP contribution in [0.3, 0.4) is 0 Å². The highest BCUT2D eigenvalue weighted by Crippen LogP contribution is 2.11. The van der Waals surface area contributed by atoms with Crippen LogP contribution >= 0.6 is 0 Å². The monoisotopic (exact) mass is 287 g/mol. The first kappa shape index (κ1) is 13.1. The Morgan fingerprint density at radius 2 is 2.29 bits per heavy atom. The molecule has 3 aromatic rings. The maximum Gasteiger partial charge on any atom is 0.420 e. The smallest absolute Gasteiger partial charge is 0.408 e. The summed E-state index contributed by atoms with van der Waals surface area (Å²) in [5.74, 6) is -0.320. The van der Waals surface area contributed by atoms with Crippen molar-refractivity contribution in [2.24, 2.45) is 0 Å². The molecule has 1 atom stereocenters. The van der Waals surface area contributed by atoms with Crippen LogP contribution in [0.1, 0.15) is 18.8 Å². The Morgan fingerprint density at radius 1 is 1.48 bits per heavy atom. The number of nitrogens with one attached hydrogen (secondary N) is 2. The first-order valence-electron chi connectivity index (χ1n) is 6.38. The molecule has 0 fully saturated rings. The van der Waals surface area contributed by atoms with E-state index >= 15 is 0 Å². The van der Waals surface area contributed by atoms with E-state index in [0.717, 1.165) is 0 Å². The number of rotatable bonds is 4. The minimum absolute atomic E-state index is 0.117. The molecular weight excluding hydrogens is 274 g/mol. The number of oxazole rings is 1. The molecule has 8 nitrogen and oxygen atoms in total. The Morgan fingerprint density at radius 3 is 3.05 bits per heavy atom. The molecule has 8 heteroatoms. The van der Waals surface area contributed by atoms with Gasteiger partial charge in [-0.1, -0.05) is 12.1 Å². The molecule has 0 saturated heterocycles. The average Bonchev–Trinajstić information content (AvgIpc) is 3.08. The lowest BCUT2D eigenvalue weighted by Crippen LogP contribution is -2.33. The number of benzene rings is 1. The van der Waals surface area contributed by atoms with Crippen LogP contribution in [-0.4, -0.2) is 25.7 Å². The molecular formula is C13H13N5O3. The van der Waals surface area contributed by atoms with Gasteiger partial charge in [0.2, 0.25) is 5.91 Å². The predicted molar refractivity (Wildman–Crippen MR) is 73.4 cm³/mol. The van der Waals surface area contributed by atoms with E-state index in [1.807, 2.05) is 0 Å². The summed E-state index contributed by atoms with van der Waals surface area (Å²) < 4.78 is 6.37. The maximum atomic E-state index is 12.0.